The lowest BCUT2D eigenvalue weighted by atomic mass is 10.2. The average Bonchev–Trinajstić information content (AvgIpc) is 2.65. The fourth-order valence-corrected chi connectivity index (χ4v) is 2.55. The van der Waals surface area contributed by atoms with E-state index in [9.17, 15) is 9.90 Å². The van der Waals surface area contributed by atoms with Gasteiger partial charge in [0.05, 0.1) is 50.2 Å². The van der Waals surface area contributed by atoms with Crippen molar-refractivity contribution in [3.05, 3.63) is 70.8 Å². The lowest BCUT2D eigenvalue weighted by Crippen LogP contribution is -2.29. The zero-order valence-corrected chi connectivity index (χ0v) is 14.0. The molecular weight excluding hydrogens is 320 g/mol. The highest BCUT2D eigenvalue weighted by Gasteiger charge is 2.09. The van der Waals surface area contributed by atoms with Gasteiger partial charge in [-0.3, -0.25) is 9.36 Å². The van der Waals surface area contributed by atoms with E-state index in [0.717, 1.165) is 11.3 Å². The summed E-state index contributed by atoms with van der Waals surface area (Å²) >= 11 is 0. The normalized spacial score (nSPS) is 12.2. The fraction of sp³-hybridized carbons (Fsp3) is 0.263. The summed E-state index contributed by atoms with van der Waals surface area (Å²) in [4.78, 5) is 16.6. The van der Waals surface area contributed by atoms with Crippen LogP contribution in [0.5, 0.6) is 5.75 Å². The molecule has 3 aromatic rings. The Morgan fingerprint density at radius 3 is 2.68 bits per heavy atom. The number of benzene rings is 2. The van der Waals surface area contributed by atoms with Gasteiger partial charge in [-0.05, 0) is 29.8 Å². The molecule has 0 amide bonds. The van der Waals surface area contributed by atoms with E-state index in [2.05, 4.69) is 4.98 Å². The van der Waals surface area contributed by atoms with Crippen LogP contribution in [0.2, 0.25) is 0 Å². The molecule has 1 aromatic heterocycles. The number of aliphatic hydroxyl groups excluding tert-OH is 1. The molecule has 0 bridgehead atoms. The standard InChI is InChI=1S/C19H20N2O4/c1-24-16-8-6-14(7-9-16)11-25-12-15(22)10-21-13-20-18-5-3-2-4-17(18)19(21)23/h2-9,13,15,22H,10-12H2,1H3/t15-/m1/s1. The van der Waals surface area contributed by atoms with Gasteiger partial charge in [0, 0.05) is 0 Å². The minimum Gasteiger partial charge on any atom is -0.497 e. The molecule has 1 N–H and O–H groups in total. The summed E-state index contributed by atoms with van der Waals surface area (Å²) in [5.41, 5.74) is 1.46. The van der Waals surface area contributed by atoms with E-state index in [4.69, 9.17) is 9.47 Å². The summed E-state index contributed by atoms with van der Waals surface area (Å²) in [7, 11) is 1.62. The Morgan fingerprint density at radius 2 is 1.92 bits per heavy atom. The van der Waals surface area contributed by atoms with E-state index in [-0.39, 0.29) is 18.7 Å². The first-order chi connectivity index (χ1) is 12.2. The van der Waals surface area contributed by atoms with Crippen molar-refractivity contribution in [3.63, 3.8) is 0 Å². The van der Waals surface area contributed by atoms with Crippen LogP contribution in [0.15, 0.2) is 59.7 Å². The quantitative estimate of drug-likeness (QED) is 0.712. The van der Waals surface area contributed by atoms with Gasteiger partial charge in [0.25, 0.3) is 5.56 Å². The van der Waals surface area contributed by atoms with Gasteiger partial charge < -0.3 is 14.6 Å². The van der Waals surface area contributed by atoms with Crippen LogP contribution >= 0.6 is 0 Å². The molecule has 0 saturated carbocycles. The number of aliphatic hydroxyl groups is 1. The molecule has 0 aliphatic carbocycles. The Morgan fingerprint density at radius 1 is 1.16 bits per heavy atom. The van der Waals surface area contributed by atoms with Crippen LogP contribution < -0.4 is 10.3 Å². The number of fused-ring (bicyclic) bond motifs is 1. The molecule has 0 radical (unpaired) electrons. The Hall–Kier alpha value is -2.70. The topological polar surface area (TPSA) is 73.6 Å². The first-order valence-electron chi connectivity index (χ1n) is 8.00. The lowest BCUT2D eigenvalue weighted by molar-refractivity contribution is 0.0198. The van der Waals surface area contributed by atoms with Crippen LogP contribution in [0, 0.1) is 0 Å². The van der Waals surface area contributed by atoms with Gasteiger partial charge in [0.15, 0.2) is 0 Å². The summed E-state index contributed by atoms with van der Waals surface area (Å²) in [6.45, 7) is 0.649. The summed E-state index contributed by atoms with van der Waals surface area (Å²) in [6.07, 6.45) is 0.663. The van der Waals surface area contributed by atoms with E-state index >= 15 is 0 Å². The van der Waals surface area contributed by atoms with Crippen LogP contribution in [0.25, 0.3) is 10.9 Å². The summed E-state index contributed by atoms with van der Waals surface area (Å²) in [5, 5.41) is 10.7. The van der Waals surface area contributed by atoms with Gasteiger partial charge in [0.1, 0.15) is 5.75 Å². The monoisotopic (exact) mass is 340 g/mol. The van der Waals surface area contributed by atoms with Crippen molar-refractivity contribution in [2.24, 2.45) is 0 Å². The van der Waals surface area contributed by atoms with Gasteiger partial charge in [-0.15, -0.1) is 0 Å². The minimum absolute atomic E-state index is 0.130. The van der Waals surface area contributed by atoms with Crippen molar-refractivity contribution in [2.45, 2.75) is 19.3 Å². The van der Waals surface area contributed by atoms with E-state index < -0.39 is 6.10 Å². The zero-order valence-electron chi connectivity index (χ0n) is 14.0. The molecule has 0 fully saturated rings. The maximum Gasteiger partial charge on any atom is 0.261 e. The van der Waals surface area contributed by atoms with Crippen molar-refractivity contribution >= 4 is 10.9 Å². The number of nitrogens with zero attached hydrogens (tertiary/aromatic N) is 2. The van der Waals surface area contributed by atoms with Gasteiger partial charge >= 0.3 is 0 Å². The van der Waals surface area contributed by atoms with Crippen LogP contribution in [0.3, 0.4) is 0 Å². The van der Waals surface area contributed by atoms with E-state index in [1.165, 1.54) is 10.9 Å². The summed E-state index contributed by atoms with van der Waals surface area (Å²) < 4.78 is 12.0. The molecule has 25 heavy (non-hydrogen) atoms. The number of para-hydroxylation sites is 1. The Kier molecular flexibility index (Phi) is 5.42. The molecule has 0 spiro atoms. The first kappa shape index (κ1) is 17.1. The number of aromatic nitrogens is 2. The molecule has 6 nitrogen and oxygen atoms in total. The maximum absolute atomic E-state index is 12.4. The van der Waals surface area contributed by atoms with Gasteiger partial charge in [-0.2, -0.15) is 0 Å². The highest BCUT2D eigenvalue weighted by molar-refractivity contribution is 5.76. The second kappa shape index (κ2) is 7.92. The fourth-order valence-electron chi connectivity index (χ4n) is 2.55. The predicted molar refractivity (Wildman–Crippen MR) is 94.7 cm³/mol. The molecule has 0 aliphatic rings. The predicted octanol–water partition coefficient (Wildman–Crippen LogP) is 1.98. The molecular formula is C19H20N2O4. The molecule has 1 heterocycles. The van der Waals surface area contributed by atoms with E-state index in [1.807, 2.05) is 30.3 Å². The van der Waals surface area contributed by atoms with Gasteiger partial charge in [0.2, 0.25) is 0 Å². The smallest absolute Gasteiger partial charge is 0.261 e. The molecule has 3 rings (SSSR count). The van der Waals surface area contributed by atoms with Crippen LogP contribution in [0.4, 0.5) is 0 Å². The van der Waals surface area contributed by atoms with Crippen molar-refractivity contribution in [1.29, 1.82) is 0 Å². The lowest BCUT2D eigenvalue weighted by Gasteiger charge is -2.13. The third kappa shape index (κ3) is 4.23. The summed E-state index contributed by atoms with van der Waals surface area (Å²) in [6, 6.07) is 14.7. The van der Waals surface area contributed by atoms with Gasteiger partial charge in [-0.25, -0.2) is 4.98 Å². The van der Waals surface area contributed by atoms with Crippen molar-refractivity contribution < 1.29 is 14.6 Å². The Bertz CT molecular complexity index is 890. The van der Waals surface area contributed by atoms with Crippen molar-refractivity contribution in [2.75, 3.05) is 13.7 Å². The molecule has 6 heteroatoms. The van der Waals surface area contributed by atoms with E-state index in [1.54, 1.807) is 25.3 Å². The second-order valence-corrected chi connectivity index (χ2v) is 5.74. The highest BCUT2D eigenvalue weighted by atomic mass is 16.5. The number of rotatable bonds is 7. The zero-order chi connectivity index (χ0) is 17.6. The van der Waals surface area contributed by atoms with Crippen LogP contribution in [-0.2, 0) is 17.9 Å². The largest absolute Gasteiger partial charge is 0.497 e. The van der Waals surface area contributed by atoms with Crippen molar-refractivity contribution in [1.82, 2.24) is 9.55 Å². The number of methoxy groups -OCH3 is 1. The Balaban J connectivity index is 1.56. The number of hydrogen-bond donors (Lipinski definition) is 1. The molecule has 0 saturated heterocycles. The maximum atomic E-state index is 12.4. The minimum atomic E-state index is -0.793. The Labute approximate surface area is 145 Å². The number of ether oxygens (including phenoxy) is 2. The van der Waals surface area contributed by atoms with Crippen molar-refractivity contribution in [3.8, 4) is 5.75 Å². The molecule has 0 unspecified atom stereocenters. The molecule has 0 aliphatic heterocycles. The second-order valence-electron chi connectivity index (χ2n) is 5.74. The first-order valence-corrected chi connectivity index (χ1v) is 8.00. The van der Waals surface area contributed by atoms with Gasteiger partial charge in [-0.1, -0.05) is 24.3 Å². The third-order valence-electron chi connectivity index (χ3n) is 3.88. The summed E-state index contributed by atoms with van der Waals surface area (Å²) in [5.74, 6) is 0.784. The molecule has 2 aromatic carbocycles. The average molecular weight is 340 g/mol. The number of hydrogen-bond acceptors (Lipinski definition) is 5. The van der Waals surface area contributed by atoms with E-state index in [0.29, 0.717) is 17.5 Å². The van der Waals surface area contributed by atoms with Crippen LogP contribution in [0.1, 0.15) is 5.56 Å². The molecule has 130 valence electrons. The SMILES string of the molecule is COc1ccc(COC[C@H](O)Cn2cnc3ccccc3c2=O)cc1. The molecule has 1 atom stereocenters. The third-order valence-corrected chi connectivity index (χ3v) is 3.88. The van der Waals surface area contributed by atoms with Crippen LogP contribution in [-0.4, -0.2) is 34.5 Å². The highest BCUT2D eigenvalue weighted by Crippen LogP contribution is 2.12.